The number of aliphatic hydroxyl groups excluding tert-OH is 1. The maximum atomic E-state index is 8.90. The fourth-order valence-electron chi connectivity index (χ4n) is 2.51. The van der Waals surface area contributed by atoms with Crippen molar-refractivity contribution in [3.8, 4) is 5.75 Å². The van der Waals surface area contributed by atoms with Crippen LogP contribution in [0.5, 0.6) is 5.75 Å². The van der Waals surface area contributed by atoms with Crippen LogP contribution in [-0.2, 0) is 6.42 Å². The van der Waals surface area contributed by atoms with Gasteiger partial charge in [-0.1, -0.05) is 42.5 Å². The first-order valence-corrected chi connectivity index (χ1v) is 7.85. The van der Waals surface area contributed by atoms with Crippen LogP contribution in [0.4, 0.5) is 0 Å². The molecule has 2 rings (SSSR count). The summed E-state index contributed by atoms with van der Waals surface area (Å²) in [6.07, 6.45) is 2.78. The van der Waals surface area contributed by atoms with E-state index in [-0.39, 0.29) is 12.6 Å². The highest BCUT2D eigenvalue weighted by molar-refractivity contribution is 5.30. The molecule has 118 valence electrons. The van der Waals surface area contributed by atoms with E-state index in [1.807, 2.05) is 18.2 Å². The van der Waals surface area contributed by atoms with Gasteiger partial charge in [0.1, 0.15) is 5.75 Å². The van der Waals surface area contributed by atoms with Crippen LogP contribution in [0.3, 0.4) is 0 Å². The van der Waals surface area contributed by atoms with E-state index in [1.54, 1.807) is 7.11 Å². The zero-order valence-electron chi connectivity index (χ0n) is 13.2. The normalized spacial score (nSPS) is 12.1. The zero-order chi connectivity index (χ0) is 15.6. The standard InChI is InChI=1S/C19H25NO2/c1-22-18-11-9-17(10-12-18)19(20-13-5-6-14-21)15-16-7-3-2-4-8-16/h2-4,7-12,19-21H,5-6,13-15H2,1H3/t19-/m1/s1. The number of unbranched alkanes of at least 4 members (excludes halogenated alkanes) is 1. The minimum atomic E-state index is 0.258. The van der Waals surface area contributed by atoms with Crippen molar-refractivity contribution in [1.82, 2.24) is 5.32 Å². The molecule has 0 heterocycles. The van der Waals surface area contributed by atoms with E-state index in [0.29, 0.717) is 0 Å². The van der Waals surface area contributed by atoms with Gasteiger partial charge in [-0.2, -0.15) is 0 Å². The van der Waals surface area contributed by atoms with Gasteiger partial charge in [0, 0.05) is 12.6 Å². The van der Waals surface area contributed by atoms with Crippen LogP contribution in [0.15, 0.2) is 54.6 Å². The lowest BCUT2D eigenvalue weighted by molar-refractivity contribution is 0.282. The fraction of sp³-hybridized carbons (Fsp3) is 0.368. The van der Waals surface area contributed by atoms with E-state index in [0.717, 1.165) is 31.6 Å². The van der Waals surface area contributed by atoms with Crippen molar-refractivity contribution in [2.75, 3.05) is 20.3 Å². The minimum Gasteiger partial charge on any atom is -0.497 e. The van der Waals surface area contributed by atoms with Crippen LogP contribution in [-0.4, -0.2) is 25.4 Å². The zero-order valence-corrected chi connectivity index (χ0v) is 13.2. The number of benzene rings is 2. The first-order valence-electron chi connectivity index (χ1n) is 7.85. The summed E-state index contributed by atoms with van der Waals surface area (Å²) in [5.41, 5.74) is 2.58. The number of ether oxygens (including phenoxy) is 1. The van der Waals surface area contributed by atoms with Crippen molar-refractivity contribution in [3.05, 3.63) is 65.7 Å². The van der Waals surface area contributed by atoms with E-state index >= 15 is 0 Å². The van der Waals surface area contributed by atoms with Gasteiger partial charge in [-0.3, -0.25) is 0 Å². The molecule has 3 heteroatoms. The number of nitrogens with one attached hydrogen (secondary N) is 1. The SMILES string of the molecule is COc1ccc([C@@H](Cc2ccccc2)NCCCCO)cc1. The molecule has 2 aromatic carbocycles. The molecule has 0 unspecified atom stereocenters. The van der Waals surface area contributed by atoms with E-state index in [2.05, 4.69) is 41.7 Å². The molecule has 0 aliphatic carbocycles. The third kappa shape index (κ3) is 5.17. The van der Waals surface area contributed by atoms with Crippen LogP contribution in [0, 0.1) is 0 Å². The molecule has 0 aromatic heterocycles. The molecule has 2 aromatic rings. The Balaban J connectivity index is 2.05. The summed E-state index contributed by atoms with van der Waals surface area (Å²) < 4.78 is 5.23. The third-order valence-electron chi connectivity index (χ3n) is 3.78. The Kier molecular flexibility index (Phi) is 6.94. The molecule has 0 radical (unpaired) electrons. The largest absolute Gasteiger partial charge is 0.497 e. The smallest absolute Gasteiger partial charge is 0.118 e. The summed E-state index contributed by atoms with van der Waals surface area (Å²) in [6, 6.07) is 19.0. The molecule has 0 aliphatic rings. The van der Waals surface area contributed by atoms with Crippen molar-refractivity contribution in [1.29, 1.82) is 0 Å². The molecule has 0 saturated heterocycles. The summed E-state index contributed by atoms with van der Waals surface area (Å²) in [7, 11) is 1.68. The number of hydrogen-bond acceptors (Lipinski definition) is 3. The lowest BCUT2D eigenvalue weighted by Crippen LogP contribution is -2.24. The molecule has 0 spiro atoms. The van der Waals surface area contributed by atoms with Crippen molar-refractivity contribution < 1.29 is 9.84 Å². The first-order chi connectivity index (χ1) is 10.8. The summed E-state index contributed by atoms with van der Waals surface area (Å²) in [5, 5.41) is 12.5. The van der Waals surface area contributed by atoms with E-state index in [1.165, 1.54) is 11.1 Å². The molecule has 0 amide bonds. The van der Waals surface area contributed by atoms with Gasteiger partial charge in [-0.15, -0.1) is 0 Å². The van der Waals surface area contributed by atoms with Crippen molar-refractivity contribution >= 4 is 0 Å². The second-order valence-corrected chi connectivity index (χ2v) is 5.40. The maximum absolute atomic E-state index is 8.90. The van der Waals surface area contributed by atoms with Gasteiger partial charge < -0.3 is 15.2 Å². The van der Waals surface area contributed by atoms with Gasteiger partial charge in [0.05, 0.1) is 7.11 Å². The highest BCUT2D eigenvalue weighted by Crippen LogP contribution is 2.21. The Morgan fingerprint density at radius 1 is 1.00 bits per heavy atom. The van der Waals surface area contributed by atoms with Gasteiger partial charge in [-0.05, 0) is 49.1 Å². The molecule has 0 aliphatic heterocycles. The van der Waals surface area contributed by atoms with Gasteiger partial charge in [-0.25, -0.2) is 0 Å². The summed E-state index contributed by atoms with van der Waals surface area (Å²) in [5.74, 6) is 0.877. The predicted molar refractivity (Wildman–Crippen MR) is 90.2 cm³/mol. The fourth-order valence-corrected chi connectivity index (χ4v) is 2.51. The second-order valence-electron chi connectivity index (χ2n) is 5.40. The van der Waals surface area contributed by atoms with Crippen molar-refractivity contribution in [2.45, 2.75) is 25.3 Å². The average molecular weight is 299 g/mol. The lowest BCUT2D eigenvalue weighted by atomic mass is 9.98. The Bertz CT molecular complexity index is 525. The third-order valence-corrected chi connectivity index (χ3v) is 3.78. The molecular formula is C19H25NO2. The summed E-state index contributed by atoms with van der Waals surface area (Å²) in [6.45, 7) is 1.16. The molecule has 2 N–H and O–H groups in total. The van der Waals surface area contributed by atoms with Gasteiger partial charge >= 0.3 is 0 Å². The number of aliphatic hydroxyl groups is 1. The van der Waals surface area contributed by atoms with E-state index in [4.69, 9.17) is 9.84 Å². The Labute approximate surface area is 133 Å². The van der Waals surface area contributed by atoms with Crippen LogP contribution >= 0.6 is 0 Å². The molecule has 22 heavy (non-hydrogen) atoms. The van der Waals surface area contributed by atoms with Crippen molar-refractivity contribution in [2.24, 2.45) is 0 Å². The van der Waals surface area contributed by atoms with Gasteiger partial charge in [0.25, 0.3) is 0 Å². The lowest BCUT2D eigenvalue weighted by Gasteiger charge is -2.20. The molecule has 3 nitrogen and oxygen atoms in total. The maximum Gasteiger partial charge on any atom is 0.118 e. The number of rotatable bonds is 9. The van der Waals surface area contributed by atoms with Crippen molar-refractivity contribution in [3.63, 3.8) is 0 Å². The monoisotopic (exact) mass is 299 g/mol. The number of hydrogen-bond donors (Lipinski definition) is 2. The second kappa shape index (κ2) is 9.23. The predicted octanol–water partition coefficient (Wildman–Crippen LogP) is 3.34. The Morgan fingerprint density at radius 3 is 2.36 bits per heavy atom. The molecule has 0 saturated carbocycles. The molecule has 0 bridgehead atoms. The summed E-state index contributed by atoms with van der Waals surface area (Å²) >= 11 is 0. The van der Waals surface area contributed by atoms with Crippen LogP contribution < -0.4 is 10.1 Å². The topological polar surface area (TPSA) is 41.5 Å². The van der Waals surface area contributed by atoms with Gasteiger partial charge in [0.2, 0.25) is 0 Å². The average Bonchev–Trinajstić information content (AvgIpc) is 2.59. The van der Waals surface area contributed by atoms with Gasteiger partial charge in [0.15, 0.2) is 0 Å². The van der Waals surface area contributed by atoms with Crippen LogP contribution in [0.1, 0.15) is 30.0 Å². The Morgan fingerprint density at radius 2 is 1.73 bits per heavy atom. The quantitative estimate of drug-likeness (QED) is 0.698. The molecule has 1 atom stereocenters. The Hall–Kier alpha value is -1.84. The molecule has 0 fully saturated rings. The van der Waals surface area contributed by atoms with Crippen LogP contribution in [0.2, 0.25) is 0 Å². The van der Waals surface area contributed by atoms with E-state index < -0.39 is 0 Å². The minimum absolute atomic E-state index is 0.258. The first kappa shape index (κ1) is 16.5. The summed E-state index contributed by atoms with van der Waals surface area (Å²) in [4.78, 5) is 0. The van der Waals surface area contributed by atoms with E-state index in [9.17, 15) is 0 Å². The molecular weight excluding hydrogens is 274 g/mol. The number of methoxy groups -OCH3 is 1. The highest BCUT2D eigenvalue weighted by Gasteiger charge is 2.11. The van der Waals surface area contributed by atoms with Crippen LogP contribution in [0.25, 0.3) is 0 Å². The highest BCUT2D eigenvalue weighted by atomic mass is 16.5.